The zero-order chi connectivity index (χ0) is 24.3. The van der Waals surface area contributed by atoms with Gasteiger partial charge in [-0.2, -0.15) is 0 Å². The molecular weight excluding hydrogens is 420 g/mol. The number of ether oxygens (including phenoxy) is 1. The summed E-state index contributed by atoms with van der Waals surface area (Å²) in [7, 11) is 0. The topological polar surface area (TPSA) is 123 Å². The van der Waals surface area contributed by atoms with Gasteiger partial charge in [-0.05, 0) is 69.8 Å². The first-order valence-electron chi connectivity index (χ1n) is 11.1. The third-order valence-corrected chi connectivity index (χ3v) is 4.73. The third kappa shape index (κ3) is 9.74. The van der Waals surface area contributed by atoms with Crippen molar-refractivity contribution in [2.24, 2.45) is 5.73 Å². The van der Waals surface area contributed by atoms with Crippen molar-refractivity contribution < 1.29 is 19.1 Å². The highest BCUT2D eigenvalue weighted by Crippen LogP contribution is 2.10. The van der Waals surface area contributed by atoms with Crippen LogP contribution in [0.2, 0.25) is 0 Å². The van der Waals surface area contributed by atoms with E-state index in [1.165, 1.54) is 0 Å². The molecule has 0 heterocycles. The quantitative estimate of drug-likeness (QED) is 0.343. The van der Waals surface area contributed by atoms with Gasteiger partial charge in [0.05, 0.1) is 0 Å². The summed E-state index contributed by atoms with van der Waals surface area (Å²) >= 11 is 0. The molecule has 0 fully saturated rings. The molecule has 2 aromatic rings. The highest BCUT2D eigenvalue weighted by Gasteiger charge is 2.25. The van der Waals surface area contributed by atoms with Crippen LogP contribution in [0.1, 0.15) is 55.1 Å². The van der Waals surface area contributed by atoms with Crippen molar-refractivity contribution in [3.05, 3.63) is 71.3 Å². The summed E-state index contributed by atoms with van der Waals surface area (Å²) in [5, 5.41) is 2.58. The molecule has 0 saturated heterocycles. The number of aryl methyl sites for hydroxylation is 1. The van der Waals surface area contributed by atoms with Gasteiger partial charge in [0, 0.05) is 12.0 Å². The molecule has 8 nitrogen and oxygen atoms in total. The van der Waals surface area contributed by atoms with E-state index in [-0.39, 0.29) is 6.42 Å². The van der Waals surface area contributed by atoms with Crippen LogP contribution in [0.25, 0.3) is 0 Å². The minimum absolute atomic E-state index is 0.235. The second kappa shape index (κ2) is 12.6. The molecule has 0 aromatic heterocycles. The van der Waals surface area contributed by atoms with Crippen LogP contribution in [0.4, 0.5) is 4.79 Å². The van der Waals surface area contributed by atoms with Crippen molar-refractivity contribution in [2.45, 2.75) is 58.1 Å². The number of hydrogen-bond donors (Lipinski definition) is 4. The Hall–Kier alpha value is -3.39. The molecule has 0 spiro atoms. The lowest BCUT2D eigenvalue weighted by Crippen LogP contribution is -2.53. The molecule has 8 heteroatoms. The summed E-state index contributed by atoms with van der Waals surface area (Å²) < 4.78 is 5.27. The van der Waals surface area contributed by atoms with Crippen molar-refractivity contribution in [1.82, 2.24) is 16.2 Å². The molecule has 1 unspecified atom stereocenters. The normalized spacial score (nSPS) is 11.9. The minimum Gasteiger partial charge on any atom is -0.444 e. The Bertz CT molecular complexity index is 908. The molecule has 0 aliphatic heterocycles. The largest absolute Gasteiger partial charge is 0.444 e. The van der Waals surface area contributed by atoms with Crippen LogP contribution in [-0.2, 0) is 22.4 Å². The van der Waals surface area contributed by atoms with Gasteiger partial charge in [0.25, 0.3) is 11.8 Å². The maximum absolute atomic E-state index is 12.8. The molecule has 0 bridgehead atoms. The highest BCUT2D eigenvalue weighted by atomic mass is 16.6. The fourth-order valence-electron chi connectivity index (χ4n) is 3.08. The fourth-order valence-corrected chi connectivity index (χ4v) is 3.08. The Balaban J connectivity index is 1.97. The van der Waals surface area contributed by atoms with Crippen molar-refractivity contribution in [3.8, 4) is 0 Å². The lowest BCUT2D eigenvalue weighted by atomic mass is 10.1. The number of benzene rings is 2. The molecule has 0 saturated carbocycles. The standard InChI is InChI=1S/C25H34N4O4/c1-25(2,3)33-24(32)27-21(17-19-10-5-4-6-11-19)23(31)29-28-22(30)20-14-12-18(13-15-20)9-7-8-16-26/h4-6,10-15,21H,7-9,16-17,26H2,1-3H3,(H,27,32)(H,28,30)(H,29,31). The molecule has 0 aliphatic rings. The van der Waals surface area contributed by atoms with Crippen LogP contribution in [0, 0.1) is 0 Å². The zero-order valence-electron chi connectivity index (χ0n) is 19.5. The Morgan fingerprint density at radius 3 is 2.18 bits per heavy atom. The van der Waals surface area contributed by atoms with E-state index < -0.39 is 29.6 Å². The van der Waals surface area contributed by atoms with Crippen molar-refractivity contribution in [1.29, 1.82) is 0 Å². The van der Waals surface area contributed by atoms with E-state index in [1.807, 2.05) is 42.5 Å². The molecule has 2 aromatic carbocycles. The molecule has 178 valence electrons. The Morgan fingerprint density at radius 2 is 1.58 bits per heavy atom. The average Bonchev–Trinajstić information content (AvgIpc) is 2.77. The monoisotopic (exact) mass is 454 g/mol. The SMILES string of the molecule is CC(C)(C)OC(=O)NC(Cc1ccccc1)C(=O)NNC(=O)c1ccc(CCCCN)cc1. The average molecular weight is 455 g/mol. The number of nitrogens with one attached hydrogen (secondary N) is 3. The number of hydrazine groups is 1. The molecule has 3 amide bonds. The minimum atomic E-state index is -0.938. The summed E-state index contributed by atoms with van der Waals surface area (Å²) in [5.41, 5.74) is 12.0. The van der Waals surface area contributed by atoms with E-state index in [0.717, 1.165) is 30.4 Å². The number of amides is 3. The summed E-state index contributed by atoms with van der Waals surface area (Å²) in [6.45, 7) is 5.88. The summed E-state index contributed by atoms with van der Waals surface area (Å²) in [4.78, 5) is 37.5. The van der Waals surface area contributed by atoms with E-state index in [9.17, 15) is 14.4 Å². The van der Waals surface area contributed by atoms with Crippen LogP contribution in [0.5, 0.6) is 0 Å². The van der Waals surface area contributed by atoms with E-state index in [1.54, 1.807) is 32.9 Å². The number of unbranched alkanes of at least 4 members (excludes halogenated alkanes) is 1. The maximum atomic E-state index is 12.8. The third-order valence-electron chi connectivity index (χ3n) is 4.73. The van der Waals surface area contributed by atoms with Crippen LogP contribution < -0.4 is 21.9 Å². The first-order chi connectivity index (χ1) is 15.7. The second-order valence-corrected chi connectivity index (χ2v) is 8.77. The van der Waals surface area contributed by atoms with Gasteiger partial charge in [-0.3, -0.25) is 20.4 Å². The summed E-state index contributed by atoms with van der Waals surface area (Å²) in [6.07, 6.45) is 2.36. The first-order valence-corrected chi connectivity index (χ1v) is 11.1. The van der Waals surface area contributed by atoms with Gasteiger partial charge in [0.15, 0.2) is 0 Å². The highest BCUT2D eigenvalue weighted by molar-refractivity contribution is 5.96. The predicted molar refractivity (Wildman–Crippen MR) is 127 cm³/mol. The summed E-state index contributed by atoms with van der Waals surface area (Å²) in [6, 6.07) is 15.5. The molecule has 1 atom stereocenters. The molecular formula is C25H34N4O4. The predicted octanol–water partition coefficient (Wildman–Crippen LogP) is 2.87. The zero-order valence-corrected chi connectivity index (χ0v) is 19.5. The molecule has 0 radical (unpaired) electrons. The van der Waals surface area contributed by atoms with Crippen LogP contribution in [-0.4, -0.2) is 36.1 Å². The number of alkyl carbamates (subject to hydrolysis) is 1. The lowest BCUT2D eigenvalue weighted by Gasteiger charge is -2.23. The van der Waals surface area contributed by atoms with Gasteiger partial charge in [0.2, 0.25) is 0 Å². The van der Waals surface area contributed by atoms with Gasteiger partial charge in [-0.25, -0.2) is 4.79 Å². The van der Waals surface area contributed by atoms with Gasteiger partial charge in [0.1, 0.15) is 11.6 Å². The molecule has 0 aliphatic carbocycles. The number of carbonyl (C=O) groups excluding carboxylic acids is 3. The van der Waals surface area contributed by atoms with E-state index in [0.29, 0.717) is 12.1 Å². The van der Waals surface area contributed by atoms with E-state index >= 15 is 0 Å². The second-order valence-electron chi connectivity index (χ2n) is 8.77. The molecule has 33 heavy (non-hydrogen) atoms. The molecule has 5 N–H and O–H groups in total. The van der Waals surface area contributed by atoms with Gasteiger partial charge in [-0.15, -0.1) is 0 Å². The van der Waals surface area contributed by atoms with E-state index in [2.05, 4.69) is 16.2 Å². The van der Waals surface area contributed by atoms with Gasteiger partial charge >= 0.3 is 6.09 Å². The van der Waals surface area contributed by atoms with Gasteiger partial charge < -0.3 is 15.8 Å². The van der Waals surface area contributed by atoms with E-state index in [4.69, 9.17) is 10.5 Å². The van der Waals surface area contributed by atoms with Crippen LogP contribution in [0.3, 0.4) is 0 Å². The Morgan fingerprint density at radius 1 is 0.909 bits per heavy atom. The van der Waals surface area contributed by atoms with Crippen molar-refractivity contribution in [2.75, 3.05) is 6.54 Å². The summed E-state index contributed by atoms with van der Waals surface area (Å²) in [5.74, 6) is -1.01. The van der Waals surface area contributed by atoms with Crippen molar-refractivity contribution in [3.63, 3.8) is 0 Å². The smallest absolute Gasteiger partial charge is 0.408 e. The number of rotatable bonds is 9. The van der Waals surface area contributed by atoms with Crippen LogP contribution >= 0.6 is 0 Å². The number of hydrogen-bond acceptors (Lipinski definition) is 5. The lowest BCUT2D eigenvalue weighted by molar-refractivity contribution is -0.124. The Kier molecular flexibility index (Phi) is 9.87. The fraction of sp³-hybridized carbons (Fsp3) is 0.400. The van der Waals surface area contributed by atoms with Gasteiger partial charge in [-0.1, -0.05) is 42.5 Å². The molecule has 2 rings (SSSR count). The number of carbonyl (C=O) groups is 3. The van der Waals surface area contributed by atoms with Crippen molar-refractivity contribution >= 4 is 17.9 Å². The first kappa shape index (κ1) is 25.9. The Labute approximate surface area is 195 Å². The number of nitrogens with two attached hydrogens (primary N) is 1. The maximum Gasteiger partial charge on any atom is 0.408 e. The van der Waals surface area contributed by atoms with Crippen LogP contribution in [0.15, 0.2) is 54.6 Å².